The molecule has 0 radical (unpaired) electrons. The van der Waals surface area contributed by atoms with Crippen molar-refractivity contribution in [3.63, 3.8) is 0 Å². The van der Waals surface area contributed by atoms with Gasteiger partial charge in [-0.05, 0) is 24.5 Å². The molecule has 1 aliphatic carbocycles. The van der Waals surface area contributed by atoms with Crippen molar-refractivity contribution in [3.8, 4) is 16.3 Å². The summed E-state index contributed by atoms with van der Waals surface area (Å²) < 4.78 is 28.7. The topological polar surface area (TPSA) is 97.1 Å². The summed E-state index contributed by atoms with van der Waals surface area (Å²) in [5, 5.41) is 22.3. The molecule has 5 rings (SSSR count). The number of benzene rings is 1. The first-order valence-electron chi connectivity index (χ1n) is 10.4. The van der Waals surface area contributed by atoms with E-state index in [1.54, 1.807) is 10.8 Å². The maximum Gasteiger partial charge on any atom is 0.272 e. The normalized spacial score (nSPS) is 17.2. The SMILES string of the molecule is O=C1NC2(CCCCC2)Cn2cc(-c3nnc(Cc4ccc(F)cc4F)s3)c(=O)c(O)c21. The summed E-state index contributed by atoms with van der Waals surface area (Å²) in [6, 6.07) is 3.31. The summed E-state index contributed by atoms with van der Waals surface area (Å²) in [5.74, 6) is -2.42. The average Bonchev–Trinajstić information content (AvgIpc) is 3.21. The highest BCUT2D eigenvalue weighted by molar-refractivity contribution is 7.14. The van der Waals surface area contributed by atoms with Crippen LogP contribution >= 0.6 is 11.3 Å². The van der Waals surface area contributed by atoms with Crippen LogP contribution in [0.4, 0.5) is 8.78 Å². The fourth-order valence-corrected chi connectivity index (χ4v) is 5.47. The molecule has 1 amide bonds. The number of halogens is 2. The Balaban J connectivity index is 1.50. The van der Waals surface area contributed by atoms with E-state index in [1.807, 2.05) is 0 Å². The molecule has 0 saturated heterocycles. The smallest absolute Gasteiger partial charge is 0.272 e. The summed E-state index contributed by atoms with van der Waals surface area (Å²) in [7, 11) is 0. The number of carbonyl (C=O) groups excluding carboxylic acids is 1. The van der Waals surface area contributed by atoms with Gasteiger partial charge in [-0.1, -0.05) is 36.7 Å². The highest BCUT2D eigenvalue weighted by Crippen LogP contribution is 2.35. The highest BCUT2D eigenvalue weighted by atomic mass is 32.1. The van der Waals surface area contributed by atoms with Crippen LogP contribution in [0, 0.1) is 11.6 Å². The molecule has 1 fully saturated rings. The van der Waals surface area contributed by atoms with Crippen molar-refractivity contribution in [2.75, 3.05) is 0 Å². The Morgan fingerprint density at radius 3 is 2.69 bits per heavy atom. The summed E-state index contributed by atoms with van der Waals surface area (Å²) >= 11 is 1.09. The number of aromatic nitrogens is 3. The van der Waals surface area contributed by atoms with Crippen LogP contribution in [0.1, 0.15) is 53.2 Å². The number of pyridine rings is 1. The molecule has 0 bridgehead atoms. The van der Waals surface area contributed by atoms with Gasteiger partial charge in [-0.25, -0.2) is 8.78 Å². The second-order valence-corrected chi connectivity index (χ2v) is 9.47. The third kappa shape index (κ3) is 3.58. The molecule has 2 aliphatic rings. The van der Waals surface area contributed by atoms with Gasteiger partial charge in [-0.15, -0.1) is 10.2 Å². The lowest BCUT2D eigenvalue weighted by atomic mass is 9.80. The minimum atomic E-state index is -0.707. The molecule has 3 heterocycles. The van der Waals surface area contributed by atoms with Crippen LogP contribution in [0.5, 0.6) is 5.75 Å². The lowest BCUT2D eigenvalue weighted by Gasteiger charge is -2.42. The van der Waals surface area contributed by atoms with Gasteiger partial charge in [0.05, 0.1) is 11.1 Å². The van der Waals surface area contributed by atoms with Gasteiger partial charge in [0.15, 0.2) is 16.5 Å². The van der Waals surface area contributed by atoms with E-state index in [0.717, 1.165) is 49.5 Å². The van der Waals surface area contributed by atoms with Crippen LogP contribution in [-0.2, 0) is 13.0 Å². The van der Waals surface area contributed by atoms with Crippen molar-refractivity contribution >= 4 is 17.2 Å². The standard InChI is InChI=1S/C22H20F2N4O3S/c23-13-5-4-12(15(24)9-13)8-16-26-27-21(32-16)14-10-28-11-22(6-2-1-3-7-22)25-20(31)17(28)19(30)18(14)29/h4-5,9-10,30H,1-3,6-8,11H2,(H,25,31). The predicted octanol–water partition coefficient (Wildman–Crippen LogP) is 3.39. The molecule has 32 heavy (non-hydrogen) atoms. The van der Waals surface area contributed by atoms with Gasteiger partial charge in [0.2, 0.25) is 5.43 Å². The van der Waals surface area contributed by atoms with Crippen molar-refractivity contribution in [2.24, 2.45) is 0 Å². The van der Waals surface area contributed by atoms with Crippen LogP contribution in [-0.4, -0.2) is 31.3 Å². The van der Waals surface area contributed by atoms with Crippen LogP contribution in [0.3, 0.4) is 0 Å². The number of nitrogens with one attached hydrogen (secondary N) is 1. The highest BCUT2D eigenvalue weighted by Gasteiger charge is 2.40. The van der Waals surface area contributed by atoms with E-state index in [0.29, 0.717) is 11.6 Å². The maximum absolute atomic E-state index is 14.0. The number of amides is 1. The van der Waals surface area contributed by atoms with Crippen LogP contribution in [0.15, 0.2) is 29.2 Å². The van der Waals surface area contributed by atoms with Gasteiger partial charge < -0.3 is 15.0 Å². The molecule has 0 unspecified atom stereocenters. The van der Waals surface area contributed by atoms with E-state index in [-0.39, 0.29) is 33.8 Å². The Bertz CT molecular complexity index is 1280. The fraction of sp³-hybridized carbons (Fsp3) is 0.364. The van der Waals surface area contributed by atoms with Crippen molar-refractivity contribution in [1.29, 1.82) is 0 Å². The molecule has 0 atom stereocenters. The fourth-order valence-electron chi connectivity index (χ4n) is 4.60. The van der Waals surface area contributed by atoms with E-state index >= 15 is 0 Å². The molecule has 1 spiro atoms. The molecular formula is C22H20F2N4O3S. The monoisotopic (exact) mass is 458 g/mol. The zero-order chi connectivity index (χ0) is 22.5. The zero-order valence-electron chi connectivity index (χ0n) is 17.0. The minimum Gasteiger partial charge on any atom is -0.503 e. The number of nitrogens with zero attached hydrogens (tertiary/aromatic N) is 3. The third-order valence-corrected chi connectivity index (χ3v) is 7.14. The second-order valence-electron chi connectivity index (χ2n) is 8.41. The lowest BCUT2D eigenvalue weighted by molar-refractivity contribution is 0.0780. The lowest BCUT2D eigenvalue weighted by Crippen LogP contribution is -2.57. The number of carbonyl (C=O) groups is 1. The number of fused-ring (bicyclic) bond motifs is 1. The van der Waals surface area contributed by atoms with Crippen molar-refractivity contribution in [2.45, 2.75) is 50.6 Å². The molecule has 3 aromatic rings. The number of aromatic hydroxyl groups is 1. The van der Waals surface area contributed by atoms with E-state index in [2.05, 4.69) is 15.5 Å². The maximum atomic E-state index is 14.0. The number of rotatable bonds is 3. The van der Waals surface area contributed by atoms with E-state index in [4.69, 9.17) is 0 Å². The minimum absolute atomic E-state index is 0.0481. The molecule has 2 N–H and O–H groups in total. The first-order chi connectivity index (χ1) is 15.3. The van der Waals surface area contributed by atoms with E-state index < -0.39 is 28.7 Å². The van der Waals surface area contributed by atoms with Crippen molar-refractivity contribution < 1.29 is 18.7 Å². The van der Waals surface area contributed by atoms with Gasteiger partial charge in [0.1, 0.15) is 16.6 Å². The molecule has 10 heteroatoms. The van der Waals surface area contributed by atoms with Gasteiger partial charge in [0, 0.05) is 25.2 Å². The van der Waals surface area contributed by atoms with E-state index in [1.165, 1.54) is 12.1 Å². The molecule has 1 aromatic carbocycles. The van der Waals surface area contributed by atoms with Gasteiger partial charge >= 0.3 is 0 Å². The zero-order valence-corrected chi connectivity index (χ0v) is 17.8. The van der Waals surface area contributed by atoms with E-state index in [9.17, 15) is 23.5 Å². The molecule has 1 saturated carbocycles. The Hall–Kier alpha value is -3.14. The Morgan fingerprint density at radius 2 is 1.94 bits per heavy atom. The van der Waals surface area contributed by atoms with Crippen molar-refractivity contribution in [1.82, 2.24) is 20.1 Å². The van der Waals surface area contributed by atoms with Crippen LogP contribution in [0.25, 0.3) is 10.6 Å². The summed E-state index contributed by atoms with van der Waals surface area (Å²) in [6.07, 6.45) is 6.46. The van der Waals surface area contributed by atoms with Crippen molar-refractivity contribution in [3.05, 3.63) is 62.5 Å². The van der Waals surface area contributed by atoms with Gasteiger partial charge in [-0.3, -0.25) is 9.59 Å². The average molecular weight is 458 g/mol. The van der Waals surface area contributed by atoms with Gasteiger partial charge in [0.25, 0.3) is 5.91 Å². The Labute approximate surface area is 185 Å². The quantitative estimate of drug-likeness (QED) is 0.627. The first-order valence-corrected chi connectivity index (χ1v) is 11.2. The third-order valence-electron chi connectivity index (χ3n) is 6.19. The number of hydrogen-bond acceptors (Lipinski definition) is 6. The molecule has 2 aromatic heterocycles. The summed E-state index contributed by atoms with van der Waals surface area (Å²) in [5.41, 5.74) is -0.743. The largest absolute Gasteiger partial charge is 0.503 e. The van der Waals surface area contributed by atoms with Crippen LogP contribution < -0.4 is 10.7 Å². The molecular weight excluding hydrogens is 438 g/mol. The summed E-state index contributed by atoms with van der Waals surface area (Å²) in [6.45, 7) is 0.460. The second kappa shape index (κ2) is 7.77. The first kappa shape index (κ1) is 20.7. The van der Waals surface area contributed by atoms with Crippen LogP contribution in [0.2, 0.25) is 0 Å². The molecule has 7 nitrogen and oxygen atoms in total. The number of hydrogen-bond donors (Lipinski definition) is 2. The Morgan fingerprint density at radius 1 is 1.16 bits per heavy atom. The molecule has 1 aliphatic heterocycles. The molecule has 166 valence electrons. The predicted molar refractivity (Wildman–Crippen MR) is 114 cm³/mol. The summed E-state index contributed by atoms with van der Waals surface area (Å²) in [4.78, 5) is 25.5. The van der Waals surface area contributed by atoms with Gasteiger partial charge in [-0.2, -0.15) is 0 Å². The Kier molecular flexibility index (Phi) is 5.04.